The Morgan fingerprint density at radius 3 is 2.94 bits per heavy atom. The predicted molar refractivity (Wildman–Crippen MR) is 62.3 cm³/mol. The molecule has 2 aromatic rings. The minimum atomic E-state index is -0.106. The van der Waals surface area contributed by atoms with Crippen LogP contribution in [0.2, 0.25) is 0 Å². The lowest BCUT2D eigenvalue weighted by Crippen LogP contribution is -2.35. The van der Waals surface area contributed by atoms with Crippen LogP contribution in [0.1, 0.15) is 25.4 Å². The maximum atomic E-state index is 4.97. The van der Waals surface area contributed by atoms with Crippen molar-refractivity contribution >= 4 is 0 Å². The quantitative estimate of drug-likeness (QED) is 0.836. The monoisotopic (exact) mass is 235 g/mol. The smallest absolute Gasteiger partial charge is 0.228 e. The van der Waals surface area contributed by atoms with Gasteiger partial charge in [-0.25, -0.2) is 4.98 Å². The van der Waals surface area contributed by atoms with Gasteiger partial charge in [-0.2, -0.15) is 4.98 Å². The lowest BCUT2D eigenvalue weighted by molar-refractivity contribution is 0.363. The molecule has 2 heterocycles. The Kier molecular flexibility index (Phi) is 3.23. The highest BCUT2D eigenvalue weighted by Crippen LogP contribution is 2.19. The Morgan fingerprint density at radius 2 is 2.29 bits per heavy atom. The van der Waals surface area contributed by atoms with Crippen molar-refractivity contribution in [2.75, 3.05) is 7.05 Å². The number of rotatable bonds is 5. The molecule has 1 N–H and O–H groups in total. The van der Waals surface area contributed by atoms with Gasteiger partial charge in [0.25, 0.3) is 0 Å². The van der Waals surface area contributed by atoms with Gasteiger partial charge in [0.15, 0.2) is 6.33 Å². The van der Waals surface area contributed by atoms with Crippen molar-refractivity contribution in [1.82, 2.24) is 25.0 Å². The standard InChI is InChI=1S/C11H17N5O/c1-11(2,12-3)9-6-13-8-16(9)5-4-10-14-7-15-17-10/h6-8,12H,4-5H2,1-3H3. The zero-order chi connectivity index (χ0) is 12.3. The summed E-state index contributed by atoms with van der Waals surface area (Å²) >= 11 is 0. The van der Waals surface area contributed by atoms with Crippen LogP contribution in [-0.2, 0) is 18.5 Å². The third-order valence-electron chi connectivity index (χ3n) is 2.95. The van der Waals surface area contributed by atoms with Crippen molar-refractivity contribution in [2.45, 2.75) is 32.4 Å². The van der Waals surface area contributed by atoms with Crippen LogP contribution in [0.5, 0.6) is 0 Å². The molecule has 17 heavy (non-hydrogen) atoms. The SMILES string of the molecule is CNC(C)(C)c1cncn1CCc1ncno1. The van der Waals surface area contributed by atoms with Gasteiger partial charge in [0.1, 0.15) is 0 Å². The van der Waals surface area contributed by atoms with Gasteiger partial charge in [0.05, 0.1) is 17.6 Å². The fourth-order valence-corrected chi connectivity index (χ4v) is 1.67. The van der Waals surface area contributed by atoms with Gasteiger partial charge < -0.3 is 14.4 Å². The number of aryl methyl sites for hydroxylation is 2. The third kappa shape index (κ3) is 2.52. The predicted octanol–water partition coefficient (Wildman–Crippen LogP) is 0.963. The second-order valence-electron chi connectivity index (χ2n) is 4.43. The summed E-state index contributed by atoms with van der Waals surface area (Å²) in [5, 5.41) is 6.85. The van der Waals surface area contributed by atoms with E-state index in [0.29, 0.717) is 12.3 Å². The summed E-state index contributed by atoms with van der Waals surface area (Å²) in [5.74, 6) is 0.645. The first kappa shape index (κ1) is 11.8. The normalized spacial score (nSPS) is 11.9. The van der Waals surface area contributed by atoms with E-state index in [2.05, 4.69) is 38.9 Å². The van der Waals surface area contributed by atoms with Crippen LogP contribution in [0.15, 0.2) is 23.4 Å². The Bertz CT molecular complexity index is 460. The molecule has 2 aromatic heterocycles. The number of nitrogens with one attached hydrogen (secondary N) is 1. The Morgan fingerprint density at radius 1 is 1.47 bits per heavy atom. The van der Waals surface area contributed by atoms with E-state index in [1.165, 1.54) is 6.33 Å². The summed E-state index contributed by atoms with van der Waals surface area (Å²) in [6.07, 6.45) is 5.83. The van der Waals surface area contributed by atoms with Gasteiger partial charge in [0, 0.05) is 19.2 Å². The van der Waals surface area contributed by atoms with Crippen LogP contribution in [0.4, 0.5) is 0 Å². The molecule has 6 nitrogen and oxygen atoms in total. The molecule has 0 aliphatic heterocycles. The highest BCUT2D eigenvalue weighted by molar-refractivity contribution is 5.10. The maximum absolute atomic E-state index is 4.97. The van der Waals surface area contributed by atoms with Crippen LogP contribution < -0.4 is 5.32 Å². The van der Waals surface area contributed by atoms with Gasteiger partial charge in [0.2, 0.25) is 5.89 Å². The lowest BCUT2D eigenvalue weighted by Gasteiger charge is -2.25. The van der Waals surface area contributed by atoms with E-state index in [9.17, 15) is 0 Å². The molecule has 0 amide bonds. The van der Waals surface area contributed by atoms with E-state index < -0.39 is 0 Å². The minimum Gasteiger partial charge on any atom is -0.340 e. The molecule has 2 rings (SSSR count). The Balaban J connectivity index is 2.09. The molecule has 0 atom stereocenters. The first-order valence-electron chi connectivity index (χ1n) is 5.58. The number of imidazole rings is 1. The summed E-state index contributed by atoms with van der Waals surface area (Å²) in [6.45, 7) is 5.02. The van der Waals surface area contributed by atoms with Crippen molar-refractivity contribution < 1.29 is 4.52 Å². The third-order valence-corrected chi connectivity index (χ3v) is 2.95. The van der Waals surface area contributed by atoms with E-state index in [1.54, 1.807) is 0 Å². The van der Waals surface area contributed by atoms with Crippen molar-refractivity contribution in [3.05, 3.63) is 30.4 Å². The molecule has 0 aliphatic carbocycles. The van der Waals surface area contributed by atoms with Crippen LogP contribution in [0.25, 0.3) is 0 Å². The summed E-state index contributed by atoms with van der Waals surface area (Å²) in [4.78, 5) is 8.19. The molecule has 0 fully saturated rings. The van der Waals surface area contributed by atoms with Gasteiger partial charge in [-0.1, -0.05) is 5.16 Å². The van der Waals surface area contributed by atoms with Gasteiger partial charge in [-0.15, -0.1) is 0 Å². The molecule has 0 saturated carbocycles. The molecule has 0 radical (unpaired) electrons. The molecule has 0 spiro atoms. The first-order chi connectivity index (χ1) is 8.13. The maximum Gasteiger partial charge on any atom is 0.228 e. The van der Waals surface area contributed by atoms with Crippen molar-refractivity contribution in [3.63, 3.8) is 0 Å². The fraction of sp³-hybridized carbons (Fsp3) is 0.545. The molecule has 0 aliphatic rings. The van der Waals surface area contributed by atoms with Gasteiger partial charge in [-0.05, 0) is 20.9 Å². The van der Waals surface area contributed by atoms with E-state index >= 15 is 0 Å². The average molecular weight is 235 g/mol. The summed E-state index contributed by atoms with van der Waals surface area (Å²) in [5.41, 5.74) is 1.03. The molecule has 0 aromatic carbocycles. The number of nitrogens with zero attached hydrogens (tertiary/aromatic N) is 4. The van der Waals surface area contributed by atoms with Gasteiger partial charge in [-0.3, -0.25) is 0 Å². The van der Waals surface area contributed by atoms with E-state index in [0.717, 1.165) is 12.2 Å². The van der Waals surface area contributed by atoms with Crippen molar-refractivity contribution in [2.24, 2.45) is 0 Å². The molecular formula is C11H17N5O. The fourth-order valence-electron chi connectivity index (χ4n) is 1.67. The number of hydrogen-bond acceptors (Lipinski definition) is 5. The van der Waals surface area contributed by atoms with Crippen molar-refractivity contribution in [1.29, 1.82) is 0 Å². The van der Waals surface area contributed by atoms with Crippen LogP contribution >= 0.6 is 0 Å². The highest BCUT2D eigenvalue weighted by Gasteiger charge is 2.22. The molecule has 0 bridgehead atoms. The van der Waals surface area contributed by atoms with Crippen LogP contribution in [0, 0.1) is 0 Å². The molecular weight excluding hydrogens is 218 g/mol. The van der Waals surface area contributed by atoms with Crippen LogP contribution in [-0.4, -0.2) is 26.7 Å². The van der Waals surface area contributed by atoms with Crippen molar-refractivity contribution in [3.8, 4) is 0 Å². The van der Waals surface area contributed by atoms with E-state index in [-0.39, 0.29) is 5.54 Å². The zero-order valence-corrected chi connectivity index (χ0v) is 10.3. The minimum absolute atomic E-state index is 0.106. The second kappa shape index (κ2) is 4.67. The largest absolute Gasteiger partial charge is 0.340 e. The second-order valence-corrected chi connectivity index (χ2v) is 4.43. The summed E-state index contributed by atoms with van der Waals surface area (Å²) in [6, 6.07) is 0. The van der Waals surface area contributed by atoms with E-state index in [4.69, 9.17) is 4.52 Å². The summed E-state index contributed by atoms with van der Waals surface area (Å²) in [7, 11) is 1.94. The molecule has 6 heteroatoms. The van der Waals surface area contributed by atoms with Gasteiger partial charge >= 0.3 is 0 Å². The lowest BCUT2D eigenvalue weighted by atomic mass is 10.0. The molecule has 0 saturated heterocycles. The zero-order valence-electron chi connectivity index (χ0n) is 10.3. The van der Waals surface area contributed by atoms with Crippen LogP contribution in [0.3, 0.4) is 0 Å². The molecule has 92 valence electrons. The first-order valence-corrected chi connectivity index (χ1v) is 5.58. The summed E-state index contributed by atoms with van der Waals surface area (Å²) < 4.78 is 7.07. The van der Waals surface area contributed by atoms with E-state index in [1.807, 2.05) is 19.6 Å². The molecule has 0 unspecified atom stereocenters. The Labute approximate surface area is 100 Å². The number of aromatic nitrogens is 4. The topological polar surface area (TPSA) is 68.8 Å². The highest BCUT2D eigenvalue weighted by atomic mass is 16.5. The Hall–Kier alpha value is -1.69. The average Bonchev–Trinajstić information content (AvgIpc) is 2.97. The number of hydrogen-bond donors (Lipinski definition) is 1.